The number of benzene rings is 2. The molecule has 6 heteroatoms. The SMILES string of the molecule is CCOCCn1c(=O)c(CN[C@@H](C)C(N)=O)cc2cc(-c3ccc(C(C)C)cc3)ccc21. The van der Waals surface area contributed by atoms with Crippen LogP contribution in [0.1, 0.15) is 44.7 Å². The number of carbonyl (C=O) groups excluding carboxylic acids is 1. The summed E-state index contributed by atoms with van der Waals surface area (Å²) in [6, 6.07) is 16.1. The van der Waals surface area contributed by atoms with Gasteiger partial charge in [0, 0.05) is 25.3 Å². The summed E-state index contributed by atoms with van der Waals surface area (Å²) in [7, 11) is 0. The van der Waals surface area contributed by atoms with Crippen LogP contribution < -0.4 is 16.6 Å². The smallest absolute Gasteiger partial charge is 0.255 e. The van der Waals surface area contributed by atoms with E-state index in [9.17, 15) is 9.59 Å². The Morgan fingerprint density at radius 2 is 1.75 bits per heavy atom. The number of primary amides is 1. The molecule has 0 aliphatic heterocycles. The third kappa shape index (κ3) is 5.44. The van der Waals surface area contributed by atoms with Gasteiger partial charge in [0.25, 0.3) is 5.56 Å². The number of fused-ring (bicyclic) bond motifs is 1. The molecule has 0 radical (unpaired) electrons. The molecule has 3 rings (SSSR count). The van der Waals surface area contributed by atoms with Crippen molar-refractivity contribution in [3.8, 4) is 11.1 Å². The number of hydrogen-bond donors (Lipinski definition) is 2. The summed E-state index contributed by atoms with van der Waals surface area (Å²) in [6.07, 6.45) is 0. The van der Waals surface area contributed by atoms with Gasteiger partial charge in [-0.3, -0.25) is 9.59 Å². The molecule has 0 spiro atoms. The van der Waals surface area contributed by atoms with Gasteiger partial charge >= 0.3 is 0 Å². The van der Waals surface area contributed by atoms with Gasteiger partial charge in [-0.05, 0) is 60.0 Å². The number of rotatable bonds is 10. The van der Waals surface area contributed by atoms with Gasteiger partial charge in [0.2, 0.25) is 5.91 Å². The molecule has 0 fully saturated rings. The number of ether oxygens (including phenoxy) is 1. The highest BCUT2D eigenvalue weighted by Gasteiger charge is 2.13. The zero-order valence-corrected chi connectivity index (χ0v) is 19.4. The van der Waals surface area contributed by atoms with Crippen LogP contribution in [-0.4, -0.2) is 29.7 Å². The lowest BCUT2D eigenvalue weighted by Crippen LogP contribution is -2.39. The molecule has 0 aliphatic carbocycles. The minimum Gasteiger partial charge on any atom is -0.380 e. The molecule has 0 saturated carbocycles. The van der Waals surface area contributed by atoms with Crippen LogP contribution in [0.3, 0.4) is 0 Å². The van der Waals surface area contributed by atoms with Gasteiger partial charge < -0.3 is 20.4 Å². The van der Waals surface area contributed by atoms with Crippen molar-refractivity contribution in [2.24, 2.45) is 5.73 Å². The van der Waals surface area contributed by atoms with Gasteiger partial charge in [0.05, 0.1) is 18.2 Å². The number of hydrogen-bond acceptors (Lipinski definition) is 4. The first-order chi connectivity index (χ1) is 15.3. The molecule has 3 N–H and O–H groups in total. The Morgan fingerprint density at radius 3 is 2.38 bits per heavy atom. The lowest BCUT2D eigenvalue weighted by atomic mass is 9.97. The second-order valence-corrected chi connectivity index (χ2v) is 8.38. The van der Waals surface area contributed by atoms with Gasteiger partial charge in [0.1, 0.15) is 0 Å². The predicted octanol–water partition coefficient (Wildman–Crippen LogP) is 3.79. The summed E-state index contributed by atoms with van der Waals surface area (Å²) >= 11 is 0. The lowest BCUT2D eigenvalue weighted by Gasteiger charge is -2.16. The van der Waals surface area contributed by atoms with Crippen molar-refractivity contribution < 1.29 is 9.53 Å². The van der Waals surface area contributed by atoms with Crippen molar-refractivity contribution in [3.05, 3.63) is 70.0 Å². The fourth-order valence-corrected chi connectivity index (χ4v) is 3.70. The van der Waals surface area contributed by atoms with Crippen molar-refractivity contribution in [1.82, 2.24) is 9.88 Å². The fourth-order valence-electron chi connectivity index (χ4n) is 3.70. The average molecular weight is 436 g/mol. The number of nitrogens with zero attached hydrogens (tertiary/aromatic N) is 1. The number of carbonyl (C=O) groups is 1. The Kier molecular flexibility index (Phi) is 7.83. The maximum absolute atomic E-state index is 13.2. The topological polar surface area (TPSA) is 86.3 Å². The standard InChI is InChI=1S/C26H33N3O3/c1-5-32-13-12-29-24-11-10-21(20-8-6-19(7-9-20)17(2)3)14-22(24)15-23(26(29)31)16-28-18(4)25(27)30/h6-11,14-15,17-18,28H,5,12-13,16H2,1-4H3,(H2,27,30)/t18-/m0/s1. The van der Waals surface area contributed by atoms with E-state index < -0.39 is 11.9 Å². The number of amides is 1. The zero-order chi connectivity index (χ0) is 23.3. The van der Waals surface area contributed by atoms with E-state index in [0.29, 0.717) is 31.2 Å². The average Bonchev–Trinajstić information content (AvgIpc) is 2.78. The highest BCUT2D eigenvalue weighted by Crippen LogP contribution is 2.26. The molecule has 32 heavy (non-hydrogen) atoms. The van der Waals surface area contributed by atoms with Crippen molar-refractivity contribution in [2.45, 2.75) is 52.7 Å². The van der Waals surface area contributed by atoms with Gasteiger partial charge in [-0.15, -0.1) is 0 Å². The second kappa shape index (κ2) is 10.6. The van der Waals surface area contributed by atoms with E-state index in [0.717, 1.165) is 22.0 Å². The van der Waals surface area contributed by atoms with Crippen molar-refractivity contribution in [2.75, 3.05) is 13.2 Å². The van der Waals surface area contributed by atoms with E-state index in [-0.39, 0.29) is 12.1 Å². The molecular weight excluding hydrogens is 402 g/mol. The second-order valence-electron chi connectivity index (χ2n) is 8.38. The van der Waals surface area contributed by atoms with Crippen LogP contribution in [-0.2, 0) is 22.6 Å². The molecule has 2 aromatic carbocycles. The number of nitrogens with one attached hydrogen (secondary N) is 1. The molecule has 0 aliphatic rings. The molecule has 6 nitrogen and oxygen atoms in total. The van der Waals surface area contributed by atoms with Crippen molar-refractivity contribution >= 4 is 16.8 Å². The molecule has 0 saturated heterocycles. The van der Waals surface area contributed by atoms with Crippen LogP contribution >= 0.6 is 0 Å². The largest absolute Gasteiger partial charge is 0.380 e. The molecule has 1 atom stereocenters. The van der Waals surface area contributed by atoms with Crippen molar-refractivity contribution in [3.63, 3.8) is 0 Å². The van der Waals surface area contributed by atoms with Crippen LogP contribution in [0.5, 0.6) is 0 Å². The van der Waals surface area contributed by atoms with Gasteiger partial charge in [0.15, 0.2) is 0 Å². The molecule has 0 bridgehead atoms. The highest BCUT2D eigenvalue weighted by molar-refractivity contribution is 5.85. The molecule has 3 aromatic rings. The van der Waals surface area contributed by atoms with Gasteiger partial charge in [-0.1, -0.05) is 44.2 Å². The number of aromatic nitrogens is 1. The van der Waals surface area contributed by atoms with Crippen molar-refractivity contribution in [1.29, 1.82) is 0 Å². The maximum Gasteiger partial charge on any atom is 0.255 e. The summed E-state index contributed by atoms with van der Waals surface area (Å²) in [6.45, 7) is 9.77. The fraction of sp³-hybridized carbons (Fsp3) is 0.385. The molecule has 1 heterocycles. The van der Waals surface area contributed by atoms with Crippen LogP contribution in [0, 0.1) is 0 Å². The molecule has 1 aromatic heterocycles. The molecule has 1 amide bonds. The van der Waals surface area contributed by atoms with E-state index in [1.807, 2.05) is 19.1 Å². The Morgan fingerprint density at radius 1 is 1.06 bits per heavy atom. The van der Waals surface area contributed by atoms with Crippen LogP contribution in [0.25, 0.3) is 22.0 Å². The van der Waals surface area contributed by atoms with Crippen LogP contribution in [0.15, 0.2) is 53.3 Å². The third-order valence-electron chi connectivity index (χ3n) is 5.77. The van der Waals surface area contributed by atoms with Crippen LogP contribution in [0.2, 0.25) is 0 Å². The summed E-state index contributed by atoms with van der Waals surface area (Å²) in [4.78, 5) is 24.6. The Bertz CT molecular complexity index is 1130. The first kappa shape index (κ1) is 23.7. The van der Waals surface area contributed by atoms with Crippen LogP contribution in [0.4, 0.5) is 0 Å². The minimum atomic E-state index is -0.521. The van der Waals surface area contributed by atoms with Gasteiger partial charge in [-0.25, -0.2) is 0 Å². The monoisotopic (exact) mass is 435 g/mol. The highest BCUT2D eigenvalue weighted by atomic mass is 16.5. The normalized spacial score (nSPS) is 12.4. The summed E-state index contributed by atoms with van der Waals surface area (Å²) in [5.74, 6) is 0.0351. The minimum absolute atomic E-state index is 0.0876. The third-order valence-corrected chi connectivity index (χ3v) is 5.77. The Balaban J connectivity index is 2.03. The van der Waals surface area contributed by atoms with E-state index in [2.05, 4.69) is 55.6 Å². The predicted molar refractivity (Wildman–Crippen MR) is 130 cm³/mol. The Hall–Kier alpha value is -2.96. The zero-order valence-electron chi connectivity index (χ0n) is 19.4. The quantitative estimate of drug-likeness (QED) is 0.475. The van der Waals surface area contributed by atoms with E-state index in [1.54, 1.807) is 11.5 Å². The number of nitrogens with two attached hydrogens (primary N) is 1. The summed E-state index contributed by atoms with van der Waals surface area (Å²) in [5, 5.41) is 4.01. The van der Waals surface area contributed by atoms with Gasteiger partial charge in [-0.2, -0.15) is 0 Å². The van der Waals surface area contributed by atoms with E-state index in [1.165, 1.54) is 5.56 Å². The van der Waals surface area contributed by atoms with E-state index >= 15 is 0 Å². The number of pyridine rings is 1. The van der Waals surface area contributed by atoms with E-state index in [4.69, 9.17) is 10.5 Å². The molecular formula is C26H33N3O3. The first-order valence-corrected chi connectivity index (χ1v) is 11.2. The molecule has 170 valence electrons. The molecule has 0 unspecified atom stereocenters. The lowest BCUT2D eigenvalue weighted by molar-refractivity contribution is -0.119. The summed E-state index contributed by atoms with van der Waals surface area (Å²) in [5.41, 5.74) is 10.2. The Labute approximate surface area is 189 Å². The summed E-state index contributed by atoms with van der Waals surface area (Å²) < 4.78 is 7.25. The first-order valence-electron chi connectivity index (χ1n) is 11.2. The maximum atomic E-state index is 13.2.